The number of para-hydroxylation sites is 1. The van der Waals surface area contributed by atoms with Gasteiger partial charge in [0.2, 0.25) is 0 Å². The Kier molecular flexibility index (Phi) is 4.87. The van der Waals surface area contributed by atoms with Crippen molar-refractivity contribution in [3.8, 4) is 0 Å². The number of benzene rings is 1. The van der Waals surface area contributed by atoms with E-state index in [0.29, 0.717) is 13.2 Å². The Morgan fingerprint density at radius 1 is 1.17 bits per heavy atom. The van der Waals surface area contributed by atoms with Gasteiger partial charge < -0.3 is 15.2 Å². The molecule has 0 bridgehead atoms. The lowest BCUT2D eigenvalue weighted by molar-refractivity contribution is 0.0922. The van der Waals surface area contributed by atoms with Crippen molar-refractivity contribution in [2.75, 3.05) is 31.7 Å². The zero-order chi connectivity index (χ0) is 12.6. The maximum absolute atomic E-state index is 8.56. The van der Waals surface area contributed by atoms with Crippen molar-refractivity contribution in [3.05, 3.63) is 30.6 Å². The fraction of sp³-hybridized carbons (Fsp3) is 0.385. The van der Waals surface area contributed by atoms with Crippen molar-refractivity contribution in [2.45, 2.75) is 6.42 Å². The number of rotatable bonds is 7. The van der Waals surface area contributed by atoms with Crippen LogP contribution >= 0.6 is 0 Å². The Balaban J connectivity index is 1.88. The molecule has 0 spiro atoms. The quantitative estimate of drug-likeness (QED) is 0.725. The van der Waals surface area contributed by atoms with Crippen LogP contribution in [-0.2, 0) is 4.74 Å². The van der Waals surface area contributed by atoms with Crippen molar-refractivity contribution in [1.82, 2.24) is 9.97 Å². The maximum Gasteiger partial charge on any atom is 0.137 e. The van der Waals surface area contributed by atoms with Crippen LogP contribution < -0.4 is 5.32 Å². The SMILES string of the molecule is OCCOCCCNc1ncnc2ccccc12. The van der Waals surface area contributed by atoms with E-state index in [4.69, 9.17) is 9.84 Å². The number of aromatic nitrogens is 2. The van der Waals surface area contributed by atoms with Gasteiger partial charge in [-0.15, -0.1) is 0 Å². The van der Waals surface area contributed by atoms with Crippen LogP contribution in [0.25, 0.3) is 10.9 Å². The van der Waals surface area contributed by atoms with Gasteiger partial charge in [0.05, 0.1) is 18.7 Å². The minimum absolute atomic E-state index is 0.0734. The second kappa shape index (κ2) is 6.88. The Morgan fingerprint density at radius 3 is 2.94 bits per heavy atom. The van der Waals surface area contributed by atoms with E-state index in [9.17, 15) is 0 Å². The second-order valence-electron chi connectivity index (χ2n) is 3.86. The first-order valence-corrected chi connectivity index (χ1v) is 6.04. The van der Waals surface area contributed by atoms with Gasteiger partial charge in [0.15, 0.2) is 0 Å². The monoisotopic (exact) mass is 247 g/mol. The Morgan fingerprint density at radius 2 is 2.06 bits per heavy atom. The third-order valence-corrected chi connectivity index (χ3v) is 2.54. The van der Waals surface area contributed by atoms with Gasteiger partial charge in [-0.1, -0.05) is 12.1 Å². The molecule has 1 aromatic carbocycles. The molecule has 0 saturated heterocycles. The van der Waals surface area contributed by atoms with Crippen LogP contribution in [0.15, 0.2) is 30.6 Å². The van der Waals surface area contributed by atoms with Crippen LogP contribution in [0.2, 0.25) is 0 Å². The van der Waals surface area contributed by atoms with Crippen LogP contribution in [0.5, 0.6) is 0 Å². The lowest BCUT2D eigenvalue weighted by atomic mass is 10.2. The van der Waals surface area contributed by atoms with Crippen molar-refractivity contribution < 1.29 is 9.84 Å². The van der Waals surface area contributed by atoms with Crippen molar-refractivity contribution in [3.63, 3.8) is 0 Å². The number of anilines is 1. The third kappa shape index (κ3) is 3.38. The zero-order valence-electron chi connectivity index (χ0n) is 10.2. The van der Waals surface area contributed by atoms with Crippen molar-refractivity contribution in [1.29, 1.82) is 0 Å². The molecule has 5 nitrogen and oxygen atoms in total. The fourth-order valence-electron chi connectivity index (χ4n) is 1.69. The molecule has 0 aliphatic heterocycles. The molecule has 0 atom stereocenters. The van der Waals surface area contributed by atoms with Crippen molar-refractivity contribution in [2.24, 2.45) is 0 Å². The summed E-state index contributed by atoms with van der Waals surface area (Å²) in [5, 5.41) is 12.9. The van der Waals surface area contributed by atoms with E-state index in [2.05, 4.69) is 15.3 Å². The molecule has 0 fully saturated rings. The molecule has 0 unspecified atom stereocenters. The molecule has 5 heteroatoms. The molecule has 96 valence electrons. The van der Waals surface area contributed by atoms with Gasteiger partial charge in [0.25, 0.3) is 0 Å². The summed E-state index contributed by atoms with van der Waals surface area (Å²) in [5.74, 6) is 0.850. The summed E-state index contributed by atoms with van der Waals surface area (Å²) in [5.41, 5.74) is 0.937. The maximum atomic E-state index is 8.56. The molecule has 1 heterocycles. The highest BCUT2D eigenvalue weighted by molar-refractivity contribution is 5.88. The first kappa shape index (κ1) is 12.7. The first-order chi connectivity index (χ1) is 8.92. The van der Waals surface area contributed by atoms with Gasteiger partial charge in [-0.05, 0) is 18.6 Å². The predicted octanol–water partition coefficient (Wildman–Crippen LogP) is 1.44. The molecule has 0 amide bonds. The number of ether oxygens (including phenoxy) is 1. The van der Waals surface area contributed by atoms with Crippen LogP contribution in [0, 0.1) is 0 Å². The average molecular weight is 247 g/mol. The van der Waals surface area contributed by atoms with E-state index in [1.165, 1.54) is 0 Å². The minimum Gasteiger partial charge on any atom is -0.394 e. The molecular formula is C13H17N3O2. The van der Waals surface area contributed by atoms with E-state index in [-0.39, 0.29) is 6.61 Å². The van der Waals surface area contributed by atoms with E-state index in [1.807, 2.05) is 24.3 Å². The summed E-state index contributed by atoms with van der Waals surface area (Å²) >= 11 is 0. The highest BCUT2D eigenvalue weighted by atomic mass is 16.5. The number of hydrogen-bond acceptors (Lipinski definition) is 5. The largest absolute Gasteiger partial charge is 0.394 e. The number of nitrogens with zero attached hydrogens (tertiary/aromatic N) is 2. The molecular weight excluding hydrogens is 230 g/mol. The van der Waals surface area contributed by atoms with E-state index < -0.39 is 0 Å². The second-order valence-corrected chi connectivity index (χ2v) is 3.86. The molecule has 0 aliphatic carbocycles. The van der Waals surface area contributed by atoms with Gasteiger partial charge in [0.1, 0.15) is 12.1 Å². The van der Waals surface area contributed by atoms with Gasteiger partial charge in [-0.25, -0.2) is 9.97 Å². The molecule has 2 N–H and O–H groups in total. The van der Waals surface area contributed by atoms with Crippen molar-refractivity contribution >= 4 is 16.7 Å². The lowest BCUT2D eigenvalue weighted by Gasteiger charge is -2.08. The highest BCUT2D eigenvalue weighted by Crippen LogP contribution is 2.17. The normalized spacial score (nSPS) is 10.7. The molecule has 1 aromatic heterocycles. The van der Waals surface area contributed by atoms with Gasteiger partial charge in [-0.2, -0.15) is 0 Å². The van der Waals surface area contributed by atoms with Gasteiger partial charge in [-0.3, -0.25) is 0 Å². The van der Waals surface area contributed by atoms with Gasteiger partial charge in [0, 0.05) is 18.5 Å². The zero-order valence-corrected chi connectivity index (χ0v) is 10.2. The third-order valence-electron chi connectivity index (χ3n) is 2.54. The Bertz CT molecular complexity index is 485. The fourth-order valence-corrected chi connectivity index (χ4v) is 1.69. The molecule has 0 aliphatic rings. The lowest BCUT2D eigenvalue weighted by Crippen LogP contribution is -2.08. The number of nitrogens with one attached hydrogen (secondary N) is 1. The first-order valence-electron chi connectivity index (χ1n) is 6.04. The van der Waals surface area contributed by atoms with Crippen LogP contribution in [0.4, 0.5) is 5.82 Å². The molecule has 18 heavy (non-hydrogen) atoms. The molecule has 2 aromatic rings. The van der Waals surface area contributed by atoms with Gasteiger partial charge >= 0.3 is 0 Å². The topological polar surface area (TPSA) is 67.3 Å². The summed E-state index contributed by atoms with van der Waals surface area (Å²) in [6, 6.07) is 7.90. The molecule has 2 rings (SSSR count). The number of aliphatic hydroxyl groups excluding tert-OH is 1. The smallest absolute Gasteiger partial charge is 0.137 e. The number of hydrogen-bond donors (Lipinski definition) is 2. The van der Waals surface area contributed by atoms with Crippen LogP contribution in [-0.4, -0.2) is 41.4 Å². The summed E-state index contributed by atoms with van der Waals surface area (Å²) in [7, 11) is 0. The number of aliphatic hydroxyl groups is 1. The van der Waals surface area contributed by atoms with Crippen LogP contribution in [0.3, 0.4) is 0 Å². The summed E-state index contributed by atoms with van der Waals surface area (Å²) in [6.07, 6.45) is 2.44. The molecule has 0 radical (unpaired) electrons. The summed E-state index contributed by atoms with van der Waals surface area (Å²) in [4.78, 5) is 8.44. The van der Waals surface area contributed by atoms with E-state index in [0.717, 1.165) is 29.7 Å². The van der Waals surface area contributed by atoms with E-state index in [1.54, 1.807) is 6.33 Å². The highest BCUT2D eigenvalue weighted by Gasteiger charge is 2.01. The average Bonchev–Trinajstić information content (AvgIpc) is 2.43. The summed E-state index contributed by atoms with van der Waals surface area (Å²) in [6.45, 7) is 1.89. The Labute approximate surface area is 106 Å². The standard InChI is InChI=1S/C13H17N3O2/c17-7-9-18-8-3-6-14-13-11-4-1-2-5-12(11)15-10-16-13/h1-2,4-5,10,17H,3,6-9H2,(H,14,15,16). The number of fused-ring (bicyclic) bond motifs is 1. The van der Waals surface area contributed by atoms with E-state index >= 15 is 0 Å². The molecule has 0 saturated carbocycles. The predicted molar refractivity (Wildman–Crippen MR) is 70.5 cm³/mol. The Hall–Kier alpha value is -1.72. The van der Waals surface area contributed by atoms with Crippen LogP contribution in [0.1, 0.15) is 6.42 Å². The summed E-state index contributed by atoms with van der Waals surface area (Å²) < 4.78 is 5.19. The minimum atomic E-state index is 0.0734.